The van der Waals surface area contributed by atoms with Gasteiger partial charge in [0.1, 0.15) is 11.6 Å². The molecule has 2 rings (SSSR count). The van der Waals surface area contributed by atoms with Crippen molar-refractivity contribution in [1.29, 1.82) is 0 Å². The second-order valence-corrected chi connectivity index (χ2v) is 5.08. The van der Waals surface area contributed by atoms with E-state index in [1.165, 1.54) is 12.1 Å². The molecule has 0 radical (unpaired) electrons. The Morgan fingerprint density at radius 1 is 1.10 bits per heavy atom. The smallest absolute Gasteiger partial charge is 0.123 e. The first-order valence-corrected chi connectivity index (χ1v) is 6.95. The minimum absolute atomic E-state index is 0.0850. The zero-order chi connectivity index (χ0) is 15.3. The molecular formula is C17H20FNO2. The summed E-state index contributed by atoms with van der Waals surface area (Å²) in [5, 5.41) is 13.0. The van der Waals surface area contributed by atoms with Crippen LogP contribution in [0.5, 0.6) is 5.75 Å². The van der Waals surface area contributed by atoms with Crippen LogP contribution in [0.2, 0.25) is 0 Å². The van der Waals surface area contributed by atoms with Crippen LogP contribution in [-0.2, 0) is 5.54 Å². The Labute approximate surface area is 124 Å². The molecule has 2 N–H and O–H groups in total. The van der Waals surface area contributed by atoms with Gasteiger partial charge in [0.2, 0.25) is 0 Å². The average molecular weight is 289 g/mol. The Balaban J connectivity index is 2.21. The van der Waals surface area contributed by atoms with Gasteiger partial charge in [-0.15, -0.1) is 0 Å². The molecular weight excluding hydrogens is 269 g/mol. The van der Waals surface area contributed by atoms with E-state index in [1.54, 1.807) is 12.1 Å². The van der Waals surface area contributed by atoms with Gasteiger partial charge in [0, 0.05) is 5.69 Å². The Hall–Kier alpha value is -2.07. The Bertz CT molecular complexity index is 568. The van der Waals surface area contributed by atoms with Gasteiger partial charge in [-0.3, -0.25) is 0 Å². The van der Waals surface area contributed by atoms with E-state index in [4.69, 9.17) is 4.74 Å². The summed E-state index contributed by atoms with van der Waals surface area (Å²) in [7, 11) is 0. The maximum absolute atomic E-state index is 13.0. The maximum atomic E-state index is 13.0. The number of ether oxygens (including phenoxy) is 1. The Kier molecular flexibility index (Phi) is 4.81. The largest absolute Gasteiger partial charge is 0.494 e. The highest BCUT2D eigenvalue weighted by Gasteiger charge is 2.25. The quantitative estimate of drug-likeness (QED) is 0.854. The molecule has 112 valence electrons. The number of rotatable bonds is 6. The molecule has 2 aromatic carbocycles. The van der Waals surface area contributed by atoms with Crippen LogP contribution in [0.15, 0.2) is 48.5 Å². The molecule has 0 bridgehead atoms. The number of hydrogen-bond donors (Lipinski definition) is 2. The number of anilines is 1. The molecule has 21 heavy (non-hydrogen) atoms. The third-order valence-electron chi connectivity index (χ3n) is 3.38. The normalized spacial score (nSPS) is 13.5. The summed E-state index contributed by atoms with van der Waals surface area (Å²) < 4.78 is 18.4. The predicted octanol–water partition coefficient (Wildman–Crippen LogP) is 3.54. The molecule has 0 amide bonds. The zero-order valence-corrected chi connectivity index (χ0v) is 12.3. The molecule has 2 aromatic rings. The number of aliphatic hydroxyl groups is 1. The monoisotopic (exact) mass is 289 g/mol. The molecule has 4 heteroatoms. The predicted molar refractivity (Wildman–Crippen MR) is 82.1 cm³/mol. The molecule has 1 atom stereocenters. The highest BCUT2D eigenvalue weighted by atomic mass is 19.1. The Morgan fingerprint density at radius 2 is 1.71 bits per heavy atom. The van der Waals surface area contributed by atoms with Crippen LogP contribution < -0.4 is 10.1 Å². The topological polar surface area (TPSA) is 41.5 Å². The van der Waals surface area contributed by atoms with Gasteiger partial charge in [-0.05, 0) is 55.8 Å². The Morgan fingerprint density at radius 3 is 2.24 bits per heavy atom. The van der Waals surface area contributed by atoms with Gasteiger partial charge in [0.15, 0.2) is 0 Å². The van der Waals surface area contributed by atoms with E-state index in [0.29, 0.717) is 6.61 Å². The third kappa shape index (κ3) is 3.73. The number of hydrogen-bond acceptors (Lipinski definition) is 3. The van der Waals surface area contributed by atoms with Gasteiger partial charge < -0.3 is 15.2 Å². The van der Waals surface area contributed by atoms with Gasteiger partial charge in [-0.1, -0.05) is 12.1 Å². The van der Waals surface area contributed by atoms with Gasteiger partial charge in [-0.2, -0.15) is 0 Å². The van der Waals surface area contributed by atoms with Crippen molar-refractivity contribution in [2.75, 3.05) is 18.5 Å². The van der Waals surface area contributed by atoms with Crippen molar-refractivity contribution in [3.63, 3.8) is 0 Å². The number of benzene rings is 2. The summed E-state index contributed by atoms with van der Waals surface area (Å²) >= 11 is 0. The van der Waals surface area contributed by atoms with Crippen molar-refractivity contribution in [1.82, 2.24) is 0 Å². The first-order chi connectivity index (χ1) is 10.1. The molecule has 0 fully saturated rings. The lowest BCUT2D eigenvalue weighted by Gasteiger charge is -2.30. The number of halogens is 1. The SMILES string of the molecule is CCOc1ccc(C(C)(CO)Nc2ccc(F)cc2)cc1. The first-order valence-electron chi connectivity index (χ1n) is 6.95. The standard InChI is InChI=1S/C17H20FNO2/c1-3-21-16-10-4-13(5-11-16)17(2,12-20)19-15-8-6-14(18)7-9-15/h4-11,19-20H,3,12H2,1-2H3. The summed E-state index contributed by atoms with van der Waals surface area (Å²) in [6.45, 7) is 4.36. The van der Waals surface area contributed by atoms with Crippen molar-refractivity contribution < 1.29 is 14.2 Å². The van der Waals surface area contributed by atoms with Crippen molar-refractivity contribution in [2.45, 2.75) is 19.4 Å². The lowest BCUT2D eigenvalue weighted by Crippen LogP contribution is -2.35. The van der Waals surface area contributed by atoms with Crippen LogP contribution in [0.1, 0.15) is 19.4 Å². The molecule has 0 saturated carbocycles. The lowest BCUT2D eigenvalue weighted by molar-refractivity contribution is 0.224. The van der Waals surface area contributed by atoms with E-state index in [9.17, 15) is 9.50 Å². The van der Waals surface area contributed by atoms with Crippen LogP contribution >= 0.6 is 0 Å². The molecule has 0 spiro atoms. The van der Waals surface area contributed by atoms with Crippen LogP contribution in [0.3, 0.4) is 0 Å². The molecule has 0 aliphatic heterocycles. The van der Waals surface area contributed by atoms with E-state index in [0.717, 1.165) is 17.0 Å². The second-order valence-electron chi connectivity index (χ2n) is 5.08. The lowest BCUT2D eigenvalue weighted by atomic mass is 9.92. The second kappa shape index (κ2) is 6.59. The van der Waals surface area contributed by atoms with Gasteiger partial charge in [0.25, 0.3) is 0 Å². The van der Waals surface area contributed by atoms with E-state index in [-0.39, 0.29) is 12.4 Å². The summed E-state index contributed by atoms with van der Waals surface area (Å²) in [6, 6.07) is 13.7. The van der Waals surface area contributed by atoms with Crippen molar-refractivity contribution in [3.8, 4) is 5.75 Å². The van der Waals surface area contributed by atoms with Crippen LogP contribution in [0.4, 0.5) is 10.1 Å². The van der Waals surface area contributed by atoms with E-state index in [2.05, 4.69) is 5.32 Å². The summed E-state index contributed by atoms with van der Waals surface area (Å²) in [6.07, 6.45) is 0. The highest BCUT2D eigenvalue weighted by molar-refractivity contribution is 5.48. The number of nitrogens with one attached hydrogen (secondary N) is 1. The molecule has 0 aliphatic carbocycles. The fraction of sp³-hybridized carbons (Fsp3) is 0.294. The van der Waals surface area contributed by atoms with Crippen LogP contribution in [0.25, 0.3) is 0 Å². The highest BCUT2D eigenvalue weighted by Crippen LogP contribution is 2.27. The minimum atomic E-state index is -0.650. The molecule has 3 nitrogen and oxygen atoms in total. The molecule has 0 heterocycles. The van der Waals surface area contributed by atoms with Crippen LogP contribution in [-0.4, -0.2) is 18.3 Å². The van der Waals surface area contributed by atoms with E-state index < -0.39 is 5.54 Å². The fourth-order valence-electron chi connectivity index (χ4n) is 2.14. The van der Waals surface area contributed by atoms with Gasteiger partial charge >= 0.3 is 0 Å². The van der Waals surface area contributed by atoms with Crippen LogP contribution in [0, 0.1) is 5.82 Å². The van der Waals surface area contributed by atoms with Crippen molar-refractivity contribution in [3.05, 3.63) is 59.9 Å². The molecule has 0 aliphatic rings. The molecule has 0 aromatic heterocycles. The average Bonchev–Trinajstić information content (AvgIpc) is 2.50. The minimum Gasteiger partial charge on any atom is -0.494 e. The first kappa shape index (κ1) is 15.3. The van der Waals surface area contributed by atoms with Crippen molar-refractivity contribution >= 4 is 5.69 Å². The third-order valence-corrected chi connectivity index (χ3v) is 3.38. The molecule has 1 unspecified atom stereocenters. The summed E-state index contributed by atoms with van der Waals surface area (Å²) in [5.74, 6) is 0.510. The summed E-state index contributed by atoms with van der Waals surface area (Å²) in [5.41, 5.74) is 1.03. The van der Waals surface area contributed by atoms with Gasteiger partial charge in [0.05, 0.1) is 18.8 Å². The van der Waals surface area contributed by atoms with E-state index >= 15 is 0 Å². The van der Waals surface area contributed by atoms with Crippen molar-refractivity contribution in [2.24, 2.45) is 0 Å². The molecule has 0 saturated heterocycles. The number of aliphatic hydroxyl groups excluding tert-OH is 1. The van der Waals surface area contributed by atoms with Gasteiger partial charge in [-0.25, -0.2) is 4.39 Å². The fourth-order valence-corrected chi connectivity index (χ4v) is 2.14. The zero-order valence-electron chi connectivity index (χ0n) is 12.3. The van der Waals surface area contributed by atoms with E-state index in [1.807, 2.05) is 38.1 Å². The maximum Gasteiger partial charge on any atom is 0.123 e. The summed E-state index contributed by atoms with van der Waals surface area (Å²) in [4.78, 5) is 0.